The Morgan fingerprint density at radius 2 is 1.52 bits per heavy atom. The van der Waals surface area contributed by atoms with E-state index in [1.807, 2.05) is 113 Å². The number of aromatic nitrogens is 8. The molecular formula is C63H64Br2Cl2N14O6S. The second-order valence-electron chi connectivity index (χ2n) is 20.7. The number of benzene rings is 4. The summed E-state index contributed by atoms with van der Waals surface area (Å²) >= 11 is 19.8. The Hall–Kier alpha value is -8.00. The first-order valence-corrected chi connectivity index (χ1v) is 30.8. The first-order chi connectivity index (χ1) is 42.2. The van der Waals surface area contributed by atoms with E-state index in [1.54, 1.807) is 56.1 Å². The third-order valence-electron chi connectivity index (χ3n) is 12.8. The summed E-state index contributed by atoms with van der Waals surface area (Å²) in [5, 5.41) is 26.3. The predicted octanol–water partition coefficient (Wildman–Crippen LogP) is 14.4. The lowest BCUT2D eigenvalue weighted by Crippen LogP contribution is -2.43. The number of nitrogens with one attached hydrogen (secondary N) is 4. The lowest BCUT2D eigenvalue weighted by molar-refractivity contribution is 0.0522. The minimum absolute atomic E-state index is 0.0623. The van der Waals surface area contributed by atoms with Crippen molar-refractivity contribution in [3.05, 3.63) is 187 Å². The Labute approximate surface area is 539 Å². The van der Waals surface area contributed by atoms with Crippen molar-refractivity contribution in [3.63, 3.8) is 0 Å². The number of aromatic carboxylic acids is 1. The number of hydrogen-bond donors (Lipinski definition) is 6. The van der Waals surface area contributed by atoms with Crippen molar-refractivity contribution >= 4 is 157 Å². The Balaban J connectivity index is 0.000000142. The Bertz CT molecular complexity index is 3980. The summed E-state index contributed by atoms with van der Waals surface area (Å²) in [5.74, 6) is 1.34. The molecule has 0 spiro atoms. The van der Waals surface area contributed by atoms with Crippen LogP contribution in [0.3, 0.4) is 0 Å². The summed E-state index contributed by atoms with van der Waals surface area (Å²) in [7, 11) is 0. The number of carbonyl (C=O) groups excluding carboxylic acids is 2. The number of nitrogens with zero attached hydrogens (tertiary/aromatic N) is 9. The molecule has 1 unspecified atom stereocenters. The number of halogens is 4. The number of aryl methyl sites for hydroxylation is 1. The smallest absolute Gasteiger partial charge is 0.435 e. The summed E-state index contributed by atoms with van der Waals surface area (Å²) < 4.78 is 14.5. The third-order valence-corrected chi connectivity index (χ3v) is 15.3. The zero-order valence-corrected chi connectivity index (χ0v) is 54.2. The van der Waals surface area contributed by atoms with Crippen LogP contribution in [0.2, 0.25) is 10.3 Å². The molecule has 0 aliphatic carbocycles. The van der Waals surface area contributed by atoms with Gasteiger partial charge in [0.15, 0.2) is 5.78 Å². The van der Waals surface area contributed by atoms with Crippen LogP contribution in [0.15, 0.2) is 160 Å². The number of ketones is 1. The summed E-state index contributed by atoms with van der Waals surface area (Å²) in [6.45, 7) is 15.4. The summed E-state index contributed by atoms with van der Waals surface area (Å²) in [6, 6.07) is 34.8. The summed E-state index contributed by atoms with van der Waals surface area (Å²) in [4.78, 5) is 64.1. The number of pyridine rings is 1. The topological polar surface area (TPSA) is 266 Å². The van der Waals surface area contributed by atoms with Crippen LogP contribution >= 0.6 is 66.4 Å². The molecule has 3 aliphatic rings. The van der Waals surface area contributed by atoms with Crippen LogP contribution in [0.5, 0.6) is 0 Å². The van der Waals surface area contributed by atoms with Crippen molar-refractivity contribution in [2.45, 2.75) is 52.7 Å². The van der Waals surface area contributed by atoms with Crippen LogP contribution in [0.25, 0.3) is 37.5 Å². The van der Waals surface area contributed by atoms with Crippen LogP contribution in [-0.2, 0) is 9.47 Å². The highest BCUT2D eigenvalue weighted by Gasteiger charge is 2.20. The molecule has 0 bridgehead atoms. The van der Waals surface area contributed by atoms with Gasteiger partial charge in [-0.3, -0.25) is 14.8 Å². The van der Waals surface area contributed by atoms with Gasteiger partial charge in [0, 0.05) is 118 Å². The maximum absolute atomic E-state index is 12.2. The molecule has 456 valence electrons. The molecule has 0 amide bonds. The number of carboxylic acid groups (broad SMARTS) is 1. The van der Waals surface area contributed by atoms with Gasteiger partial charge in [-0.05, 0) is 147 Å². The van der Waals surface area contributed by atoms with Crippen molar-refractivity contribution in [1.82, 2.24) is 45.0 Å². The molecule has 2 fully saturated rings. The van der Waals surface area contributed by atoms with E-state index in [0.717, 1.165) is 121 Å². The lowest BCUT2D eigenvalue weighted by Gasteiger charge is -2.29. The quantitative estimate of drug-likeness (QED) is 0.0610. The van der Waals surface area contributed by atoms with Gasteiger partial charge in [0.1, 0.15) is 27.9 Å². The molecule has 0 radical (unpaired) electrons. The number of anilines is 5. The fourth-order valence-corrected chi connectivity index (χ4v) is 10.8. The molecular weight excluding hydrogens is 1310 g/mol. The van der Waals surface area contributed by atoms with Gasteiger partial charge in [-0.25, -0.2) is 29.5 Å². The molecule has 0 saturated carbocycles. The van der Waals surface area contributed by atoms with Crippen molar-refractivity contribution in [3.8, 4) is 0 Å². The molecule has 7 N–H and O–H groups in total. The Morgan fingerprint density at radius 3 is 2.16 bits per heavy atom. The van der Waals surface area contributed by atoms with Crippen molar-refractivity contribution < 1.29 is 29.0 Å². The number of piperazine rings is 1. The minimum Gasteiger partial charge on any atom is -0.477 e. The molecule has 3 aliphatic heterocycles. The molecule has 6 aromatic heterocycles. The van der Waals surface area contributed by atoms with Gasteiger partial charge >= 0.3 is 12.1 Å². The number of H-pyrrole nitrogens is 1. The number of Topliss-reactive ketones (excluding diaryl/α,β-unsaturated/α-hetero) is 1. The highest BCUT2D eigenvalue weighted by atomic mass is 79.9. The predicted molar refractivity (Wildman–Crippen MR) is 360 cm³/mol. The van der Waals surface area contributed by atoms with Crippen LogP contribution < -0.4 is 26.6 Å². The lowest BCUT2D eigenvalue weighted by atomic mass is 10.1. The van der Waals surface area contributed by atoms with E-state index >= 15 is 0 Å². The zero-order valence-electron chi connectivity index (χ0n) is 48.7. The van der Waals surface area contributed by atoms with Crippen LogP contribution in [-0.4, -0.2) is 126 Å². The number of allylic oxidation sites excluding steroid dienone is 1. The van der Waals surface area contributed by atoms with E-state index in [4.69, 9.17) is 43.5 Å². The van der Waals surface area contributed by atoms with Crippen molar-refractivity contribution in [2.24, 2.45) is 10.7 Å². The first-order valence-electron chi connectivity index (χ1n) is 27.7. The second-order valence-corrected chi connectivity index (χ2v) is 24.4. The number of fused-ring (bicyclic) bond motifs is 3. The third kappa shape index (κ3) is 20.0. The molecule has 13 rings (SSSR count). The van der Waals surface area contributed by atoms with Crippen molar-refractivity contribution in [2.75, 3.05) is 61.5 Å². The number of nitrogens with two attached hydrogens (primary N) is 1. The van der Waals surface area contributed by atoms with E-state index in [9.17, 15) is 14.4 Å². The minimum atomic E-state index is -0.864. The fraction of sp³-hybridized carbons (Fsp3) is 0.238. The van der Waals surface area contributed by atoms with Crippen LogP contribution in [0.1, 0.15) is 65.7 Å². The largest absolute Gasteiger partial charge is 0.477 e. The van der Waals surface area contributed by atoms with Gasteiger partial charge in [0.05, 0.1) is 41.3 Å². The van der Waals surface area contributed by atoms with Gasteiger partial charge in [-0.2, -0.15) is 9.78 Å². The van der Waals surface area contributed by atoms with Gasteiger partial charge < -0.3 is 46.1 Å². The van der Waals surface area contributed by atoms with E-state index in [-0.39, 0.29) is 11.1 Å². The second kappa shape index (κ2) is 31.8. The SMILES string of the molecule is CC(=O)c1cc2ccc(Br)cc2[nH]1.CC(C)(C)OC(=O)n1ncc2cc(Nc3ccnc(Cl)n3)ccc21.Cc1nccc(Nc2ccc(C3=CCN=C3)cc2)n1.Clc1cnccc1N1CCNCC1.NC1CCOC1.O=C(O)c1cc2ccc(Br)cc2s1. The number of carbonyl (C=O) groups is 3. The highest BCUT2D eigenvalue weighted by molar-refractivity contribution is 9.10. The fourth-order valence-electron chi connectivity index (χ4n) is 8.56. The molecule has 25 heteroatoms. The van der Waals surface area contributed by atoms with Crippen LogP contribution in [0, 0.1) is 6.92 Å². The van der Waals surface area contributed by atoms with E-state index < -0.39 is 17.7 Å². The zero-order chi connectivity index (χ0) is 62.7. The number of carboxylic acids is 1. The molecule has 9 heterocycles. The van der Waals surface area contributed by atoms with E-state index in [1.165, 1.54) is 27.2 Å². The van der Waals surface area contributed by atoms with Gasteiger partial charge in [0.2, 0.25) is 5.28 Å². The first kappa shape index (κ1) is 66.0. The number of thiophene rings is 1. The summed E-state index contributed by atoms with van der Waals surface area (Å²) in [6.07, 6.45) is 13.0. The molecule has 4 aromatic carbocycles. The standard InChI is InChI=1S/C16H16ClN5O2.C15H14N4.C10H8BrNO.C9H5BrO2S.C9H12ClN3.C4H9NO/c1-16(2,3)24-15(23)22-12-5-4-11(8-10(12)9-19-22)20-13-6-7-18-14(17)21-13;1-11-17-9-7-15(18-11)19-14-4-2-12(3-5-14)13-6-8-16-10-13;1-6(13)9-4-7-2-3-8(11)5-10(7)12-9;10-6-2-1-5-3-8(9(11)12)13-7(5)4-6;10-8-7-12-2-1-9(8)13-5-3-11-4-6-13;5-4-1-2-6-3-4/h4-9H,1-3H3,(H,18,20,21);2-7,9-10H,8H2,1H3,(H,17,18,19);2-5,12H,1H3;1-4H,(H,11,12);1-2,7,11H,3-6H2;4H,1-3,5H2. The monoisotopic (exact) mass is 1370 g/mol. The van der Waals surface area contributed by atoms with E-state index in [2.05, 4.69) is 111 Å². The van der Waals surface area contributed by atoms with E-state index in [0.29, 0.717) is 27.9 Å². The summed E-state index contributed by atoms with van der Waals surface area (Å²) in [5.41, 5.74) is 12.4. The molecule has 2 saturated heterocycles. The van der Waals surface area contributed by atoms with Gasteiger partial charge in [-0.15, -0.1) is 11.3 Å². The Kier molecular flexibility index (Phi) is 23.8. The normalized spacial score (nSPS) is 14.1. The molecule has 10 aromatic rings. The molecule has 1 atom stereocenters. The number of hydrogen-bond acceptors (Lipinski definition) is 18. The average molecular weight is 1380 g/mol. The molecule has 20 nitrogen and oxygen atoms in total. The Morgan fingerprint density at radius 1 is 0.818 bits per heavy atom. The number of aromatic amines is 1. The highest BCUT2D eigenvalue weighted by Crippen LogP contribution is 2.29. The van der Waals surface area contributed by atoms with Gasteiger partial charge in [0.25, 0.3) is 0 Å². The average Bonchev–Trinajstić information content (AvgIpc) is 4.56. The van der Waals surface area contributed by atoms with Crippen molar-refractivity contribution in [1.29, 1.82) is 0 Å². The molecule has 88 heavy (non-hydrogen) atoms. The number of aliphatic imine (C=N–C) groups is 1. The van der Waals surface area contributed by atoms with Crippen LogP contribution in [0.4, 0.5) is 33.5 Å². The maximum Gasteiger partial charge on any atom is 0.435 e. The maximum atomic E-state index is 12.2. The number of ether oxygens (including phenoxy) is 2. The number of rotatable bonds is 8. The van der Waals surface area contributed by atoms with Gasteiger partial charge in [-0.1, -0.05) is 73.8 Å².